The van der Waals surface area contributed by atoms with Gasteiger partial charge in [0, 0.05) is 49.9 Å². The lowest BCUT2D eigenvalue weighted by atomic mass is 10.1. The van der Waals surface area contributed by atoms with E-state index in [1.165, 1.54) is 6.07 Å². The highest BCUT2D eigenvalue weighted by Gasteiger charge is 2.19. The van der Waals surface area contributed by atoms with Gasteiger partial charge in [0.1, 0.15) is 11.6 Å². The maximum absolute atomic E-state index is 14.0. The number of rotatable bonds is 6. The van der Waals surface area contributed by atoms with Gasteiger partial charge in [-0.3, -0.25) is 4.79 Å². The molecule has 4 rings (SSSR count). The summed E-state index contributed by atoms with van der Waals surface area (Å²) < 4.78 is 14.0. The number of carbonyl (C=O) groups excluding carboxylic acids is 1. The lowest BCUT2D eigenvalue weighted by Crippen LogP contribution is -2.46. The van der Waals surface area contributed by atoms with Gasteiger partial charge in [0.2, 0.25) is 12.4 Å². The largest absolute Gasteiger partial charge is 0.353 e. The molecule has 1 amide bonds. The molecule has 1 aliphatic rings. The number of hydrogen-bond acceptors (Lipinski definition) is 5. The van der Waals surface area contributed by atoms with Crippen molar-refractivity contribution in [1.29, 1.82) is 0 Å². The Kier molecular flexibility index (Phi) is 5.65. The minimum atomic E-state index is -0.260. The molecule has 1 fully saturated rings. The summed E-state index contributed by atoms with van der Waals surface area (Å²) in [6, 6.07) is 18.5. The SMILES string of the molecule is O=CN1CCN(c2cc(-c3ccccc3)nc(NCc3ccccc3F)n2)CC1. The Morgan fingerprint density at radius 1 is 0.966 bits per heavy atom. The van der Waals surface area contributed by atoms with E-state index in [-0.39, 0.29) is 5.82 Å². The number of nitrogens with zero attached hydrogens (tertiary/aromatic N) is 4. The normalized spacial score (nSPS) is 14.0. The highest BCUT2D eigenvalue weighted by atomic mass is 19.1. The Bertz CT molecular complexity index is 974. The van der Waals surface area contributed by atoms with Gasteiger partial charge in [-0.1, -0.05) is 48.5 Å². The smallest absolute Gasteiger partial charge is 0.225 e. The van der Waals surface area contributed by atoms with E-state index in [1.54, 1.807) is 23.1 Å². The molecule has 148 valence electrons. The summed E-state index contributed by atoms with van der Waals surface area (Å²) in [7, 11) is 0. The van der Waals surface area contributed by atoms with Gasteiger partial charge in [0.05, 0.1) is 5.69 Å². The second-order valence-corrected chi connectivity index (χ2v) is 6.87. The van der Waals surface area contributed by atoms with E-state index in [2.05, 4.69) is 20.2 Å². The molecule has 2 aromatic carbocycles. The van der Waals surface area contributed by atoms with Gasteiger partial charge >= 0.3 is 0 Å². The molecule has 1 aliphatic heterocycles. The second-order valence-electron chi connectivity index (χ2n) is 6.87. The maximum Gasteiger partial charge on any atom is 0.225 e. The van der Waals surface area contributed by atoms with Crippen LogP contribution in [0, 0.1) is 5.82 Å². The van der Waals surface area contributed by atoms with E-state index in [4.69, 9.17) is 0 Å². The molecule has 1 aromatic heterocycles. The minimum absolute atomic E-state index is 0.260. The van der Waals surface area contributed by atoms with Crippen molar-refractivity contribution in [2.75, 3.05) is 36.4 Å². The van der Waals surface area contributed by atoms with Crippen LogP contribution in [0.5, 0.6) is 0 Å². The van der Waals surface area contributed by atoms with Crippen molar-refractivity contribution in [3.8, 4) is 11.3 Å². The number of piperazine rings is 1. The van der Waals surface area contributed by atoms with Crippen LogP contribution in [0.4, 0.5) is 16.2 Å². The van der Waals surface area contributed by atoms with Crippen LogP contribution in [0.1, 0.15) is 5.56 Å². The van der Waals surface area contributed by atoms with Crippen LogP contribution in [0.15, 0.2) is 60.7 Å². The summed E-state index contributed by atoms with van der Waals surface area (Å²) in [5.74, 6) is 0.979. The van der Waals surface area contributed by atoms with Crippen molar-refractivity contribution in [2.24, 2.45) is 0 Å². The molecule has 3 aromatic rings. The molecule has 0 spiro atoms. The fourth-order valence-corrected chi connectivity index (χ4v) is 3.30. The van der Waals surface area contributed by atoms with Crippen molar-refractivity contribution in [2.45, 2.75) is 6.54 Å². The Labute approximate surface area is 169 Å². The predicted molar refractivity (Wildman–Crippen MR) is 111 cm³/mol. The van der Waals surface area contributed by atoms with Crippen molar-refractivity contribution in [1.82, 2.24) is 14.9 Å². The van der Waals surface area contributed by atoms with Gasteiger partial charge in [-0.25, -0.2) is 9.37 Å². The van der Waals surface area contributed by atoms with E-state index in [1.807, 2.05) is 36.4 Å². The average molecular weight is 391 g/mol. The maximum atomic E-state index is 14.0. The molecule has 2 heterocycles. The molecule has 7 heteroatoms. The predicted octanol–water partition coefficient (Wildman–Crippen LogP) is 3.17. The molecular formula is C22H22FN5O. The highest BCUT2D eigenvalue weighted by molar-refractivity contribution is 5.65. The van der Waals surface area contributed by atoms with Gasteiger partial charge in [-0.2, -0.15) is 4.98 Å². The summed E-state index contributed by atoms with van der Waals surface area (Å²) >= 11 is 0. The first-order chi connectivity index (χ1) is 14.2. The second kappa shape index (κ2) is 8.68. The number of amides is 1. The molecule has 1 N–H and O–H groups in total. The zero-order valence-electron chi connectivity index (χ0n) is 16.0. The van der Waals surface area contributed by atoms with Crippen molar-refractivity contribution in [3.63, 3.8) is 0 Å². The van der Waals surface area contributed by atoms with E-state index < -0.39 is 0 Å². The Hall–Kier alpha value is -3.48. The third-order valence-corrected chi connectivity index (χ3v) is 4.96. The molecule has 0 bridgehead atoms. The number of aromatic nitrogens is 2. The number of carbonyl (C=O) groups is 1. The first-order valence-electron chi connectivity index (χ1n) is 9.59. The minimum Gasteiger partial charge on any atom is -0.353 e. The fraction of sp³-hybridized carbons (Fsp3) is 0.227. The van der Waals surface area contributed by atoms with Crippen LogP contribution >= 0.6 is 0 Å². The zero-order chi connectivity index (χ0) is 20.1. The van der Waals surface area contributed by atoms with Gasteiger partial charge < -0.3 is 15.1 Å². The average Bonchev–Trinajstić information content (AvgIpc) is 2.79. The molecular weight excluding hydrogens is 369 g/mol. The molecule has 0 aliphatic carbocycles. The standard InChI is InChI=1S/C22H22FN5O/c23-19-9-5-4-8-18(19)15-24-22-25-20(17-6-2-1-3-7-17)14-21(26-22)28-12-10-27(16-29)11-13-28/h1-9,14,16H,10-13,15H2,(H,24,25,26). The third kappa shape index (κ3) is 4.51. The van der Waals surface area contributed by atoms with Gasteiger partial charge in [-0.05, 0) is 6.07 Å². The van der Waals surface area contributed by atoms with E-state index in [9.17, 15) is 9.18 Å². The fourth-order valence-electron chi connectivity index (χ4n) is 3.30. The number of hydrogen-bond donors (Lipinski definition) is 1. The van der Waals surface area contributed by atoms with Crippen molar-refractivity contribution >= 4 is 18.2 Å². The first kappa shape index (κ1) is 18.9. The molecule has 0 unspecified atom stereocenters. The van der Waals surface area contributed by atoms with Crippen LogP contribution in [0.25, 0.3) is 11.3 Å². The molecule has 0 atom stereocenters. The molecule has 0 saturated carbocycles. The lowest BCUT2D eigenvalue weighted by Gasteiger charge is -2.33. The number of anilines is 2. The van der Waals surface area contributed by atoms with Gasteiger partial charge in [-0.15, -0.1) is 0 Å². The van der Waals surface area contributed by atoms with Crippen molar-refractivity contribution in [3.05, 3.63) is 72.0 Å². The molecule has 0 radical (unpaired) electrons. The first-order valence-corrected chi connectivity index (χ1v) is 9.59. The van der Waals surface area contributed by atoms with Crippen LogP contribution < -0.4 is 10.2 Å². The van der Waals surface area contributed by atoms with E-state index in [0.29, 0.717) is 44.2 Å². The number of benzene rings is 2. The molecule has 29 heavy (non-hydrogen) atoms. The monoisotopic (exact) mass is 391 g/mol. The summed E-state index contributed by atoms with van der Waals surface area (Å²) in [5.41, 5.74) is 2.34. The Balaban J connectivity index is 1.61. The summed E-state index contributed by atoms with van der Waals surface area (Å²) in [5, 5.41) is 3.16. The number of nitrogens with one attached hydrogen (secondary N) is 1. The van der Waals surface area contributed by atoms with E-state index in [0.717, 1.165) is 23.5 Å². The highest BCUT2D eigenvalue weighted by Crippen LogP contribution is 2.24. The topological polar surface area (TPSA) is 61.4 Å². The van der Waals surface area contributed by atoms with Gasteiger partial charge in [0.25, 0.3) is 0 Å². The Morgan fingerprint density at radius 3 is 2.41 bits per heavy atom. The molecule has 6 nitrogen and oxygen atoms in total. The van der Waals surface area contributed by atoms with E-state index >= 15 is 0 Å². The third-order valence-electron chi connectivity index (χ3n) is 4.96. The zero-order valence-corrected chi connectivity index (χ0v) is 16.0. The summed E-state index contributed by atoms with van der Waals surface area (Å²) in [6.45, 7) is 3.02. The van der Waals surface area contributed by atoms with Crippen molar-refractivity contribution < 1.29 is 9.18 Å². The summed E-state index contributed by atoms with van der Waals surface area (Å²) in [6.07, 6.45) is 0.883. The van der Waals surface area contributed by atoms with Gasteiger partial charge in [0.15, 0.2) is 0 Å². The van der Waals surface area contributed by atoms with Crippen LogP contribution in [-0.4, -0.2) is 47.5 Å². The molecule has 1 saturated heterocycles. The Morgan fingerprint density at radius 2 is 1.69 bits per heavy atom. The quantitative estimate of drug-likeness (QED) is 0.654. The van der Waals surface area contributed by atoms with Crippen LogP contribution in [-0.2, 0) is 11.3 Å². The number of halogens is 1. The summed E-state index contributed by atoms with van der Waals surface area (Å²) in [4.78, 5) is 24.2. The van der Waals surface area contributed by atoms with Crippen LogP contribution in [0.3, 0.4) is 0 Å². The lowest BCUT2D eigenvalue weighted by molar-refractivity contribution is -0.118. The van der Waals surface area contributed by atoms with Crippen LogP contribution in [0.2, 0.25) is 0 Å².